The average molecular weight is 290 g/mol. The molecule has 6 nitrogen and oxygen atoms in total. The van der Waals surface area contributed by atoms with Crippen LogP contribution in [0.15, 0.2) is 0 Å². The number of ether oxygens (including phenoxy) is 1. The van der Waals surface area contributed by atoms with Gasteiger partial charge in [0, 0.05) is 13.1 Å². The van der Waals surface area contributed by atoms with E-state index < -0.39 is 10.0 Å². The Kier molecular flexibility index (Phi) is 3.90. The number of sulfonamides is 1. The normalized spacial score (nSPS) is 29.7. The lowest BCUT2D eigenvalue weighted by Gasteiger charge is -2.41. The molecule has 0 aromatic carbocycles. The number of nitrogens with zero attached hydrogens (tertiary/aromatic N) is 1. The topological polar surface area (TPSA) is 75.7 Å². The third-order valence-corrected chi connectivity index (χ3v) is 5.65. The molecular formula is C12H22N2O4S. The van der Waals surface area contributed by atoms with Crippen LogP contribution in [-0.4, -0.2) is 56.2 Å². The van der Waals surface area contributed by atoms with Crippen molar-refractivity contribution in [1.82, 2.24) is 9.62 Å². The molecule has 2 aliphatic heterocycles. The van der Waals surface area contributed by atoms with Crippen LogP contribution in [0, 0.1) is 5.41 Å². The summed E-state index contributed by atoms with van der Waals surface area (Å²) in [5.41, 5.74) is -0.276. The van der Waals surface area contributed by atoms with Crippen molar-refractivity contribution in [1.29, 1.82) is 0 Å². The molecule has 2 fully saturated rings. The van der Waals surface area contributed by atoms with E-state index in [9.17, 15) is 13.2 Å². The van der Waals surface area contributed by atoms with Crippen LogP contribution in [0.2, 0.25) is 0 Å². The molecule has 19 heavy (non-hydrogen) atoms. The Bertz CT molecular complexity index is 455. The lowest BCUT2D eigenvalue weighted by atomic mass is 10.0. The summed E-state index contributed by atoms with van der Waals surface area (Å²) in [6.07, 6.45) is 0.577. The second kappa shape index (κ2) is 5.03. The summed E-state index contributed by atoms with van der Waals surface area (Å²) >= 11 is 0. The number of carbonyl (C=O) groups excluding carboxylic acids is 1. The first-order chi connectivity index (χ1) is 8.67. The van der Waals surface area contributed by atoms with Crippen molar-refractivity contribution in [2.45, 2.75) is 39.3 Å². The smallest absolute Gasteiger partial charge is 0.246 e. The summed E-state index contributed by atoms with van der Waals surface area (Å²) in [7, 11) is -3.28. The molecule has 0 aromatic heterocycles. The molecular weight excluding hydrogens is 268 g/mol. The van der Waals surface area contributed by atoms with Gasteiger partial charge in [-0.2, -0.15) is 4.31 Å². The first kappa shape index (κ1) is 14.7. The van der Waals surface area contributed by atoms with Crippen LogP contribution in [-0.2, 0) is 19.6 Å². The maximum absolute atomic E-state index is 12.3. The number of piperidine rings is 1. The number of hydrogen-bond donors (Lipinski definition) is 1. The summed E-state index contributed by atoms with van der Waals surface area (Å²) in [6.45, 7) is 6.58. The largest absolute Gasteiger partial charge is 0.366 e. The second-order valence-corrected chi connectivity index (χ2v) is 8.46. The molecule has 1 amide bonds. The third-order valence-electron chi connectivity index (χ3n) is 3.30. The predicted octanol–water partition coefficient (Wildman–Crippen LogP) is -0.0484. The second-order valence-electron chi connectivity index (χ2n) is 6.49. The van der Waals surface area contributed by atoms with Gasteiger partial charge in [-0.1, -0.05) is 20.8 Å². The predicted molar refractivity (Wildman–Crippen MR) is 71.1 cm³/mol. The lowest BCUT2D eigenvalue weighted by molar-refractivity contribution is -0.139. The number of rotatable bonds is 2. The Morgan fingerprint density at radius 1 is 1.42 bits per heavy atom. The molecule has 2 aliphatic rings. The quantitative estimate of drug-likeness (QED) is 0.774. The summed E-state index contributed by atoms with van der Waals surface area (Å²) in [5, 5.41) is 2.81. The zero-order valence-corrected chi connectivity index (χ0v) is 12.5. The van der Waals surface area contributed by atoms with Gasteiger partial charge in [0.25, 0.3) is 0 Å². The molecule has 2 saturated heterocycles. The van der Waals surface area contributed by atoms with Crippen molar-refractivity contribution in [3.05, 3.63) is 0 Å². The van der Waals surface area contributed by atoms with Crippen LogP contribution in [0.25, 0.3) is 0 Å². The highest BCUT2D eigenvalue weighted by atomic mass is 32.2. The minimum absolute atomic E-state index is 0.0567. The molecule has 2 heterocycles. The van der Waals surface area contributed by atoms with Crippen LogP contribution in [0.3, 0.4) is 0 Å². The van der Waals surface area contributed by atoms with Gasteiger partial charge >= 0.3 is 0 Å². The molecule has 0 bridgehead atoms. The standard InChI is InChI=1S/C12H22N2O4S/c1-12(2,3)8-19(16,17)14-5-4-10-9(6-14)13-11(15)7-18-10/h9-10H,4-8H2,1-3H3,(H,13,15)/t9-,10+/m1/s1. The van der Waals surface area contributed by atoms with E-state index in [1.807, 2.05) is 20.8 Å². The van der Waals surface area contributed by atoms with Crippen LogP contribution >= 0.6 is 0 Å². The van der Waals surface area contributed by atoms with E-state index in [0.717, 1.165) is 0 Å². The van der Waals surface area contributed by atoms with Gasteiger partial charge in [-0.25, -0.2) is 8.42 Å². The van der Waals surface area contributed by atoms with E-state index in [0.29, 0.717) is 19.5 Å². The number of hydrogen-bond acceptors (Lipinski definition) is 4. The van der Waals surface area contributed by atoms with Crippen molar-refractivity contribution < 1.29 is 17.9 Å². The number of carbonyl (C=O) groups is 1. The zero-order valence-electron chi connectivity index (χ0n) is 11.7. The minimum atomic E-state index is -3.28. The van der Waals surface area contributed by atoms with E-state index in [2.05, 4.69) is 5.32 Å². The molecule has 0 aromatic rings. The number of nitrogens with one attached hydrogen (secondary N) is 1. The SMILES string of the molecule is CC(C)(C)CS(=O)(=O)N1CC[C@@H]2OCC(=O)N[C@@H]2C1. The van der Waals surface area contributed by atoms with Gasteiger partial charge < -0.3 is 10.1 Å². The first-order valence-electron chi connectivity index (χ1n) is 6.56. The highest BCUT2D eigenvalue weighted by molar-refractivity contribution is 7.89. The Balaban J connectivity index is 2.05. The van der Waals surface area contributed by atoms with Gasteiger partial charge in [0.1, 0.15) is 6.61 Å². The van der Waals surface area contributed by atoms with Gasteiger partial charge in [0.2, 0.25) is 15.9 Å². The van der Waals surface area contributed by atoms with E-state index in [-0.39, 0.29) is 35.8 Å². The van der Waals surface area contributed by atoms with Crippen molar-refractivity contribution >= 4 is 15.9 Å². The monoisotopic (exact) mass is 290 g/mol. The van der Waals surface area contributed by atoms with Gasteiger partial charge in [-0.3, -0.25) is 4.79 Å². The maximum Gasteiger partial charge on any atom is 0.246 e. The molecule has 7 heteroatoms. The Hall–Kier alpha value is -0.660. The maximum atomic E-state index is 12.3. The number of amides is 1. The highest BCUT2D eigenvalue weighted by Crippen LogP contribution is 2.24. The fourth-order valence-electron chi connectivity index (χ4n) is 2.56. The van der Waals surface area contributed by atoms with Crippen LogP contribution in [0.5, 0.6) is 0 Å². The van der Waals surface area contributed by atoms with Crippen molar-refractivity contribution in [2.75, 3.05) is 25.4 Å². The van der Waals surface area contributed by atoms with E-state index in [1.54, 1.807) is 0 Å². The van der Waals surface area contributed by atoms with Crippen LogP contribution in [0.4, 0.5) is 0 Å². The Morgan fingerprint density at radius 2 is 2.11 bits per heavy atom. The molecule has 1 N–H and O–H groups in total. The number of morpholine rings is 1. The van der Waals surface area contributed by atoms with Gasteiger partial charge in [0.15, 0.2) is 0 Å². The molecule has 2 rings (SSSR count). The summed E-state index contributed by atoms with van der Waals surface area (Å²) in [4.78, 5) is 11.3. The highest BCUT2D eigenvalue weighted by Gasteiger charge is 2.39. The van der Waals surface area contributed by atoms with E-state index in [4.69, 9.17) is 4.74 Å². The molecule has 0 spiro atoms. The molecule has 0 aliphatic carbocycles. The summed E-state index contributed by atoms with van der Waals surface area (Å²) in [6, 6.07) is -0.218. The van der Waals surface area contributed by atoms with Gasteiger partial charge in [-0.05, 0) is 11.8 Å². The summed E-state index contributed by atoms with van der Waals surface area (Å²) < 4.78 is 31.6. The van der Waals surface area contributed by atoms with Crippen molar-refractivity contribution in [2.24, 2.45) is 5.41 Å². The van der Waals surface area contributed by atoms with Crippen molar-refractivity contribution in [3.8, 4) is 0 Å². The van der Waals surface area contributed by atoms with E-state index in [1.165, 1.54) is 4.31 Å². The molecule has 0 saturated carbocycles. The Morgan fingerprint density at radius 3 is 2.74 bits per heavy atom. The average Bonchev–Trinajstić information content (AvgIpc) is 2.24. The Labute approximate surface area is 114 Å². The van der Waals surface area contributed by atoms with Crippen LogP contribution in [0.1, 0.15) is 27.2 Å². The third kappa shape index (κ3) is 3.67. The van der Waals surface area contributed by atoms with Gasteiger partial charge in [-0.15, -0.1) is 0 Å². The van der Waals surface area contributed by atoms with Crippen molar-refractivity contribution in [3.63, 3.8) is 0 Å². The summed E-state index contributed by atoms with van der Waals surface area (Å²) in [5.74, 6) is -0.0528. The lowest BCUT2D eigenvalue weighted by Crippen LogP contribution is -2.61. The molecule has 110 valence electrons. The minimum Gasteiger partial charge on any atom is -0.366 e. The van der Waals surface area contributed by atoms with Crippen LogP contribution < -0.4 is 5.32 Å². The van der Waals surface area contributed by atoms with Gasteiger partial charge in [0.05, 0.1) is 17.9 Å². The molecule has 2 atom stereocenters. The zero-order chi connectivity index (χ0) is 14.3. The fraction of sp³-hybridized carbons (Fsp3) is 0.917. The number of fused-ring (bicyclic) bond motifs is 1. The fourth-order valence-corrected chi connectivity index (χ4v) is 4.61. The van der Waals surface area contributed by atoms with E-state index >= 15 is 0 Å². The molecule has 0 radical (unpaired) electrons. The molecule has 0 unspecified atom stereocenters. The first-order valence-corrected chi connectivity index (χ1v) is 8.17.